The topological polar surface area (TPSA) is 104 Å². The van der Waals surface area contributed by atoms with Gasteiger partial charge in [0.05, 0.1) is 27.3 Å². The van der Waals surface area contributed by atoms with Gasteiger partial charge in [0.2, 0.25) is 0 Å². The van der Waals surface area contributed by atoms with Crippen molar-refractivity contribution in [1.82, 2.24) is 19.9 Å². The summed E-state index contributed by atoms with van der Waals surface area (Å²) >= 11 is 1.59. The number of likely N-dealkylation sites (tertiary alicyclic amines) is 1. The molecule has 1 fully saturated rings. The zero-order valence-corrected chi connectivity index (χ0v) is 20.4. The molecule has 0 unspecified atom stereocenters. The summed E-state index contributed by atoms with van der Waals surface area (Å²) in [5.74, 6) is 0.663. The van der Waals surface area contributed by atoms with E-state index in [0.717, 1.165) is 50.2 Å². The lowest BCUT2D eigenvalue weighted by Gasteiger charge is -2.34. The van der Waals surface area contributed by atoms with Crippen LogP contribution in [0.25, 0.3) is 26.7 Å². The van der Waals surface area contributed by atoms with E-state index in [1.165, 1.54) is 12.5 Å². The molecule has 1 aliphatic heterocycles. The summed E-state index contributed by atoms with van der Waals surface area (Å²) in [4.78, 5) is 19.5. The smallest absolute Gasteiger partial charge is 0.141 e. The van der Waals surface area contributed by atoms with Gasteiger partial charge in [-0.15, -0.1) is 11.3 Å². The molecule has 5 rings (SSSR count). The lowest BCUT2D eigenvalue weighted by molar-refractivity contribution is 0.149. The predicted molar refractivity (Wildman–Crippen MR) is 143 cm³/mol. The number of nitrogens with zero attached hydrogens (tertiary/aromatic N) is 5. The van der Waals surface area contributed by atoms with Crippen LogP contribution in [0.1, 0.15) is 12.0 Å². The number of nitrogens with two attached hydrogens (primary N) is 1. The molecule has 1 saturated heterocycles. The summed E-state index contributed by atoms with van der Waals surface area (Å²) in [5, 5.41) is 7.68. The fourth-order valence-electron chi connectivity index (χ4n) is 4.39. The molecule has 0 aliphatic carbocycles. The molecule has 1 aliphatic rings. The number of aliphatic imine (C=N–C) groups is 1. The van der Waals surface area contributed by atoms with E-state index < -0.39 is 6.17 Å². The Hall–Kier alpha value is -3.63. The highest BCUT2D eigenvalue weighted by Gasteiger charge is 2.28. The van der Waals surface area contributed by atoms with Crippen LogP contribution in [0.2, 0.25) is 0 Å². The van der Waals surface area contributed by atoms with Crippen LogP contribution in [0.4, 0.5) is 21.6 Å². The Morgan fingerprint density at radius 3 is 2.91 bits per heavy atom. The normalized spacial score (nSPS) is 19.6. The van der Waals surface area contributed by atoms with Crippen LogP contribution in [0, 0.1) is 0 Å². The van der Waals surface area contributed by atoms with E-state index in [4.69, 9.17) is 5.73 Å². The molecule has 0 saturated carbocycles. The molecule has 180 valence electrons. The lowest BCUT2D eigenvalue weighted by atomic mass is 9.99. The van der Waals surface area contributed by atoms with Crippen molar-refractivity contribution in [3.8, 4) is 0 Å². The van der Waals surface area contributed by atoms with Gasteiger partial charge in [-0.3, -0.25) is 4.99 Å². The number of hydrogen-bond donors (Lipinski definition) is 3. The molecular formula is C25H27FN8S. The Morgan fingerprint density at radius 1 is 1.23 bits per heavy atom. The first-order chi connectivity index (χ1) is 17.1. The van der Waals surface area contributed by atoms with Crippen molar-refractivity contribution in [1.29, 1.82) is 0 Å². The van der Waals surface area contributed by atoms with Crippen molar-refractivity contribution in [2.45, 2.75) is 18.6 Å². The number of anilines is 3. The van der Waals surface area contributed by atoms with Gasteiger partial charge in [0.15, 0.2) is 0 Å². The second-order valence-electron chi connectivity index (χ2n) is 8.62. The van der Waals surface area contributed by atoms with Crippen molar-refractivity contribution >= 4 is 61.4 Å². The van der Waals surface area contributed by atoms with E-state index >= 15 is 0 Å². The van der Waals surface area contributed by atoms with E-state index in [0.29, 0.717) is 18.8 Å². The van der Waals surface area contributed by atoms with Crippen LogP contribution < -0.4 is 16.4 Å². The average molecular weight is 491 g/mol. The molecular weight excluding hydrogens is 463 g/mol. The highest BCUT2D eigenvalue weighted by Crippen LogP contribution is 2.34. The average Bonchev–Trinajstić information content (AvgIpc) is 3.32. The SMILES string of the molecule is CN=C/C(=C\N)c1cc2ncnc(Nc3ccc4ncsc4c3)c2cc1N[C@H]1CCN(C)C[C@@H]1F. The molecule has 0 bridgehead atoms. The Bertz CT molecular complexity index is 1420. The van der Waals surface area contributed by atoms with Crippen LogP contribution >= 0.6 is 11.3 Å². The summed E-state index contributed by atoms with van der Waals surface area (Å²) in [7, 11) is 3.63. The van der Waals surface area contributed by atoms with Gasteiger partial charge in [-0.1, -0.05) is 0 Å². The number of fused-ring (bicyclic) bond motifs is 2. The maximum atomic E-state index is 14.9. The van der Waals surface area contributed by atoms with Crippen molar-refractivity contribution in [3.05, 3.63) is 53.9 Å². The molecule has 8 nitrogen and oxygen atoms in total. The molecule has 3 heterocycles. The molecule has 10 heteroatoms. The molecule has 2 atom stereocenters. The third-order valence-corrected chi connectivity index (χ3v) is 7.00. The van der Waals surface area contributed by atoms with E-state index in [2.05, 4.69) is 30.6 Å². The summed E-state index contributed by atoms with van der Waals surface area (Å²) in [6, 6.07) is 9.60. The first-order valence-electron chi connectivity index (χ1n) is 11.4. The van der Waals surface area contributed by atoms with Crippen molar-refractivity contribution in [2.75, 3.05) is 37.8 Å². The standard InChI is InChI=1S/C25H27FN8S/c1-28-11-15(10-27)17-8-22-18(9-23(17)33-20-5-6-34(2)12-19(20)26)25(30-13-29-22)32-16-3-4-21-24(7-16)35-14-31-21/h3-4,7-11,13-14,19-20,33H,5-6,12,27H2,1-2H3,(H,29,30,32)/b15-10+,28-11?/t19-,20-/m0/s1. The number of alkyl halides is 1. The third kappa shape index (κ3) is 4.80. The van der Waals surface area contributed by atoms with E-state index in [9.17, 15) is 4.39 Å². The third-order valence-electron chi connectivity index (χ3n) is 6.21. The Balaban J connectivity index is 1.57. The number of hydrogen-bond acceptors (Lipinski definition) is 9. The van der Waals surface area contributed by atoms with E-state index in [1.54, 1.807) is 24.6 Å². The minimum atomic E-state index is -0.988. The number of benzene rings is 2. The zero-order valence-electron chi connectivity index (χ0n) is 19.6. The second-order valence-corrected chi connectivity index (χ2v) is 9.51. The molecule has 0 spiro atoms. The number of thiazole rings is 1. The summed E-state index contributed by atoms with van der Waals surface area (Å²) in [6.07, 6.45) is 4.44. The zero-order chi connectivity index (χ0) is 24.4. The molecule has 0 radical (unpaired) electrons. The van der Waals surface area contributed by atoms with Crippen LogP contribution in [0.5, 0.6) is 0 Å². The van der Waals surface area contributed by atoms with E-state index in [1.807, 2.05) is 47.8 Å². The highest BCUT2D eigenvalue weighted by molar-refractivity contribution is 7.16. The lowest BCUT2D eigenvalue weighted by Crippen LogP contribution is -2.46. The van der Waals surface area contributed by atoms with Gasteiger partial charge in [0.1, 0.15) is 18.3 Å². The number of nitrogens with one attached hydrogen (secondary N) is 2. The van der Waals surface area contributed by atoms with Gasteiger partial charge in [-0.2, -0.15) is 0 Å². The molecule has 4 aromatic rings. The summed E-state index contributed by atoms with van der Waals surface area (Å²) in [5.41, 5.74) is 12.7. The summed E-state index contributed by atoms with van der Waals surface area (Å²) < 4.78 is 16.0. The number of aromatic nitrogens is 3. The van der Waals surface area contributed by atoms with E-state index in [-0.39, 0.29) is 6.04 Å². The Morgan fingerprint density at radius 2 is 2.11 bits per heavy atom. The van der Waals surface area contributed by atoms with Gasteiger partial charge in [0, 0.05) is 60.4 Å². The highest BCUT2D eigenvalue weighted by atomic mass is 32.1. The van der Waals surface area contributed by atoms with Gasteiger partial charge in [0.25, 0.3) is 0 Å². The molecule has 2 aromatic carbocycles. The van der Waals surface area contributed by atoms with Gasteiger partial charge in [-0.05, 0) is 43.8 Å². The number of piperidine rings is 1. The first-order valence-corrected chi connectivity index (χ1v) is 12.3. The summed E-state index contributed by atoms with van der Waals surface area (Å²) in [6.45, 7) is 1.22. The number of rotatable bonds is 6. The monoisotopic (exact) mass is 490 g/mol. The fourth-order valence-corrected chi connectivity index (χ4v) is 5.11. The van der Waals surface area contributed by atoms with Crippen LogP contribution in [0.3, 0.4) is 0 Å². The second kappa shape index (κ2) is 9.93. The number of halogens is 1. The molecule has 2 aromatic heterocycles. The Labute approximate surface area is 206 Å². The van der Waals surface area contributed by atoms with Gasteiger partial charge < -0.3 is 21.3 Å². The van der Waals surface area contributed by atoms with Gasteiger partial charge >= 0.3 is 0 Å². The first kappa shape index (κ1) is 23.1. The quantitative estimate of drug-likeness (QED) is 0.343. The fraction of sp³-hybridized carbons (Fsp3) is 0.280. The largest absolute Gasteiger partial charge is 0.404 e. The van der Waals surface area contributed by atoms with Crippen molar-refractivity contribution in [2.24, 2.45) is 10.7 Å². The van der Waals surface area contributed by atoms with Crippen molar-refractivity contribution in [3.63, 3.8) is 0 Å². The molecule has 0 amide bonds. The van der Waals surface area contributed by atoms with Crippen LogP contribution in [0.15, 0.2) is 53.4 Å². The maximum Gasteiger partial charge on any atom is 0.141 e. The van der Waals surface area contributed by atoms with Crippen LogP contribution in [-0.4, -0.2) is 65.5 Å². The number of allylic oxidation sites excluding steroid dienone is 1. The van der Waals surface area contributed by atoms with Gasteiger partial charge in [-0.25, -0.2) is 19.3 Å². The van der Waals surface area contributed by atoms with Crippen LogP contribution in [-0.2, 0) is 0 Å². The predicted octanol–water partition coefficient (Wildman–Crippen LogP) is 4.44. The molecule has 35 heavy (non-hydrogen) atoms. The molecule has 4 N–H and O–H groups in total. The maximum absolute atomic E-state index is 14.9. The van der Waals surface area contributed by atoms with Crippen molar-refractivity contribution < 1.29 is 4.39 Å². The minimum Gasteiger partial charge on any atom is -0.404 e. The minimum absolute atomic E-state index is 0.310. The Kier molecular flexibility index (Phi) is 6.56.